The van der Waals surface area contributed by atoms with Crippen LogP contribution in [0.5, 0.6) is 0 Å². The van der Waals surface area contributed by atoms with Gasteiger partial charge in [-0.25, -0.2) is 16.8 Å². The van der Waals surface area contributed by atoms with Gasteiger partial charge in [0.2, 0.25) is 0 Å². The number of anilines is 2. The van der Waals surface area contributed by atoms with Crippen molar-refractivity contribution >= 4 is 53.0 Å². The Labute approximate surface area is 225 Å². The van der Waals surface area contributed by atoms with E-state index in [-0.39, 0.29) is 16.3 Å². The van der Waals surface area contributed by atoms with Crippen molar-refractivity contribution in [3.63, 3.8) is 0 Å². The van der Waals surface area contributed by atoms with Crippen LogP contribution in [0.1, 0.15) is 12.8 Å². The summed E-state index contributed by atoms with van der Waals surface area (Å²) in [5, 5.41) is 2.37. The molecule has 0 radical (unpaired) electrons. The first-order valence-corrected chi connectivity index (χ1v) is 15.3. The first kappa shape index (κ1) is 27.8. The van der Waals surface area contributed by atoms with Gasteiger partial charge in [-0.2, -0.15) is 0 Å². The molecule has 0 atom stereocenters. The lowest BCUT2D eigenvalue weighted by molar-refractivity contribution is 0.487. The Bertz CT molecular complexity index is 1560. The molecule has 0 heterocycles. The highest BCUT2D eigenvalue weighted by molar-refractivity contribution is 8.04. The second-order valence-electron chi connectivity index (χ2n) is 9.55. The van der Waals surface area contributed by atoms with Crippen LogP contribution in [0.15, 0.2) is 82.6 Å². The SMILES string of the molecule is CN(C)c1cccc2c(S(=O)(=O)N(CCCCN)S(=O)(=O)c3cccc4c(N(C)C)cccc34)cccc12. The van der Waals surface area contributed by atoms with Gasteiger partial charge in [-0.3, -0.25) is 0 Å². The van der Waals surface area contributed by atoms with Crippen molar-refractivity contribution in [3.05, 3.63) is 72.8 Å². The molecule has 0 bridgehead atoms. The molecule has 4 rings (SSSR count). The summed E-state index contributed by atoms with van der Waals surface area (Å²) >= 11 is 0. The minimum absolute atomic E-state index is 0.0516. The Morgan fingerprint density at radius 3 is 1.37 bits per heavy atom. The van der Waals surface area contributed by atoms with Crippen LogP contribution in [0.4, 0.5) is 11.4 Å². The van der Waals surface area contributed by atoms with Crippen LogP contribution in [0.2, 0.25) is 0 Å². The molecule has 0 aromatic heterocycles. The van der Waals surface area contributed by atoms with Gasteiger partial charge in [-0.15, -0.1) is 0 Å². The molecule has 0 saturated heterocycles. The Morgan fingerprint density at radius 1 is 0.579 bits per heavy atom. The third-order valence-corrected chi connectivity index (χ3v) is 11.0. The van der Waals surface area contributed by atoms with Crippen molar-refractivity contribution < 1.29 is 16.8 Å². The standard InChI is InChI=1S/C28H34N4O4S2/c1-30(2)25-15-7-13-23-21(25)11-9-17-27(23)37(33,34)32(20-6-5-19-29)38(35,36)28-18-10-12-22-24(28)14-8-16-26(22)31(3)4/h7-18H,5-6,19-20,29H2,1-4H3. The Morgan fingerprint density at radius 2 is 0.974 bits per heavy atom. The zero-order valence-corrected chi connectivity index (χ0v) is 23.8. The van der Waals surface area contributed by atoms with Gasteiger partial charge in [0.1, 0.15) is 0 Å². The number of unbranched alkanes of at least 4 members (excludes halogenated alkanes) is 1. The highest BCUT2D eigenvalue weighted by atomic mass is 32.3. The quantitative estimate of drug-likeness (QED) is 0.292. The predicted octanol–water partition coefficient (Wildman–Crippen LogP) is 4.24. The van der Waals surface area contributed by atoms with Gasteiger partial charge in [0.25, 0.3) is 20.0 Å². The summed E-state index contributed by atoms with van der Waals surface area (Å²) in [6.07, 6.45) is 0.790. The monoisotopic (exact) mass is 554 g/mol. The summed E-state index contributed by atoms with van der Waals surface area (Å²) in [6, 6.07) is 20.7. The van der Waals surface area contributed by atoms with Crippen LogP contribution < -0.4 is 15.5 Å². The maximum atomic E-state index is 14.2. The molecule has 4 aromatic rings. The number of hydrogen-bond donors (Lipinski definition) is 1. The lowest BCUT2D eigenvalue weighted by Crippen LogP contribution is -2.38. The van der Waals surface area contributed by atoms with E-state index in [0.29, 0.717) is 33.9 Å². The average molecular weight is 555 g/mol. The average Bonchev–Trinajstić information content (AvgIpc) is 2.89. The smallest absolute Gasteiger partial charge is 0.256 e. The summed E-state index contributed by atoms with van der Waals surface area (Å²) in [4.78, 5) is 3.69. The lowest BCUT2D eigenvalue weighted by atomic mass is 10.1. The minimum Gasteiger partial charge on any atom is -0.377 e. The third-order valence-electron chi connectivity index (χ3n) is 6.57. The largest absolute Gasteiger partial charge is 0.377 e. The van der Waals surface area contributed by atoms with Crippen molar-refractivity contribution in [1.82, 2.24) is 3.71 Å². The summed E-state index contributed by atoms with van der Waals surface area (Å²) in [5.41, 5.74) is 7.34. The number of nitrogens with zero attached hydrogens (tertiary/aromatic N) is 3. The molecule has 0 fully saturated rings. The molecule has 38 heavy (non-hydrogen) atoms. The van der Waals surface area contributed by atoms with E-state index in [4.69, 9.17) is 5.73 Å². The highest BCUT2D eigenvalue weighted by Gasteiger charge is 2.38. The van der Waals surface area contributed by atoms with Crippen molar-refractivity contribution in [1.29, 1.82) is 0 Å². The molecule has 0 saturated carbocycles. The normalized spacial score (nSPS) is 12.4. The molecule has 0 unspecified atom stereocenters. The first-order valence-electron chi connectivity index (χ1n) is 12.4. The van der Waals surface area contributed by atoms with Gasteiger partial charge in [-0.1, -0.05) is 52.2 Å². The minimum atomic E-state index is -4.48. The van der Waals surface area contributed by atoms with Gasteiger partial charge in [0.15, 0.2) is 0 Å². The summed E-state index contributed by atoms with van der Waals surface area (Å²) in [7, 11) is -1.44. The fourth-order valence-corrected chi connectivity index (χ4v) is 8.84. The summed E-state index contributed by atoms with van der Waals surface area (Å²) in [5.74, 6) is 0. The molecule has 0 amide bonds. The molecule has 10 heteroatoms. The number of benzene rings is 4. The molecule has 8 nitrogen and oxygen atoms in total. The number of sulfonamides is 2. The number of nitrogens with two attached hydrogens (primary N) is 1. The zero-order chi connectivity index (χ0) is 27.7. The maximum absolute atomic E-state index is 14.2. The van der Waals surface area contributed by atoms with E-state index in [1.54, 1.807) is 36.4 Å². The van der Waals surface area contributed by atoms with Crippen LogP contribution in [0, 0.1) is 0 Å². The van der Waals surface area contributed by atoms with Gasteiger partial charge in [0, 0.05) is 67.7 Å². The lowest BCUT2D eigenvalue weighted by Gasteiger charge is -2.25. The van der Waals surface area contributed by atoms with Gasteiger partial charge in [0.05, 0.1) is 9.79 Å². The third kappa shape index (κ3) is 4.96. The predicted molar refractivity (Wildman–Crippen MR) is 156 cm³/mol. The van der Waals surface area contributed by atoms with Crippen LogP contribution in [-0.4, -0.2) is 61.8 Å². The van der Waals surface area contributed by atoms with E-state index < -0.39 is 20.0 Å². The second-order valence-corrected chi connectivity index (χ2v) is 13.4. The number of hydrogen-bond acceptors (Lipinski definition) is 7. The van der Waals surface area contributed by atoms with Crippen molar-refractivity contribution in [2.45, 2.75) is 22.6 Å². The topological polar surface area (TPSA) is 104 Å². The van der Waals surface area contributed by atoms with Crippen LogP contribution in [-0.2, 0) is 20.0 Å². The fraction of sp³-hybridized carbons (Fsp3) is 0.286. The van der Waals surface area contributed by atoms with Crippen LogP contribution in [0.25, 0.3) is 21.5 Å². The Kier molecular flexibility index (Phi) is 7.98. The summed E-state index contributed by atoms with van der Waals surface area (Å²) in [6.45, 7) is 0.115. The van der Waals surface area contributed by atoms with E-state index in [9.17, 15) is 16.8 Å². The van der Waals surface area contributed by atoms with E-state index in [1.165, 1.54) is 12.1 Å². The van der Waals surface area contributed by atoms with Gasteiger partial charge >= 0.3 is 0 Å². The molecule has 2 N–H and O–H groups in total. The van der Waals surface area contributed by atoms with Crippen molar-refractivity contribution in [2.24, 2.45) is 5.73 Å². The molecule has 0 aliphatic rings. The van der Waals surface area contributed by atoms with Gasteiger partial charge in [-0.05, 0) is 43.7 Å². The Balaban J connectivity index is 1.96. The van der Waals surface area contributed by atoms with E-state index in [2.05, 4.69) is 0 Å². The first-order chi connectivity index (χ1) is 18.0. The van der Waals surface area contributed by atoms with Gasteiger partial charge < -0.3 is 15.5 Å². The molecule has 0 spiro atoms. The summed E-state index contributed by atoms with van der Waals surface area (Å²) < 4.78 is 57.6. The highest BCUT2D eigenvalue weighted by Crippen LogP contribution is 2.36. The second kappa shape index (κ2) is 10.9. The Hall–Kier alpha value is -3.18. The van der Waals surface area contributed by atoms with Crippen molar-refractivity contribution in [2.75, 3.05) is 51.1 Å². The molecular weight excluding hydrogens is 520 g/mol. The van der Waals surface area contributed by atoms with E-state index in [1.807, 2.05) is 62.3 Å². The number of rotatable bonds is 10. The number of fused-ring (bicyclic) bond motifs is 2. The van der Waals surface area contributed by atoms with Crippen LogP contribution >= 0.6 is 0 Å². The zero-order valence-electron chi connectivity index (χ0n) is 22.1. The molecular formula is C28H34N4O4S2. The molecule has 4 aromatic carbocycles. The van der Waals surface area contributed by atoms with E-state index in [0.717, 1.165) is 22.1 Å². The fourth-order valence-electron chi connectivity index (χ4n) is 4.73. The molecule has 202 valence electrons. The molecule has 0 aliphatic heterocycles. The van der Waals surface area contributed by atoms with Crippen LogP contribution in [0.3, 0.4) is 0 Å². The van der Waals surface area contributed by atoms with E-state index >= 15 is 0 Å². The molecule has 0 aliphatic carbocycles. The maximum Gasteiger partial charge on any atom is 0.256 e. The van der Waals surface area contributed by atoms with Crippen molar-refractivity contribution in [3.8, 4) is 0 Å².